The summed E-state index contributed by atoms with van der Waals surface area (Å²) in [5, 5.41) is 13.5. The molecule has 1 aromatic heterocycles. The summed E-state index contributed by atoms with van der Waals surface area (Å²) in [7, 11) is 2.11. The van der Waals surface area contributed by atoms with Crippen molar-refractivity contribution in [3.05, 3.63) is 21.9 Å². The maximum Gasteiger partial charge on any atom is 0.262 e. The van der Waals surface area contributed by atoms with Crippen molar-refractivity contribution >= 4 is 17.2 Å². The first kappa shape index (κ1) is 17.7. The molecule has 5 heteroatoms. The lowest BCUT2D eigenvalue weighted by atomic mass is 10.2. The number of thiophene rings is 1. The second-order valence-corrected chi connectivity index (χ2v) is 6.08. The lowest BCUT2D eigenvalue weighted by Gasteiger charge is -2.20. The molecule has 0 atom stereocenters. The third kappa shape index (κ3) is 6.30. The van der Waals surface area contributed by atoms with Gasteiger partial charge in [0.25, 0.3) is 5.91 Å². The van der Waals surface area contributed by atoms with Crippen LogP contribution in [0.2, 0.25) is 0 Å². The van der Waals surface area contributed by atoms with Gasteiger partial charge >= 0.3 is 0 Å². The summed E-state index contributed by atoms with van der Waals surface area (Å²) in [6.45, 7) is 5.87. The van der Waals surface area contributed by atoms with E-state index in [0.29, 0.717) is 23.0 Å². The number of amides is 1. The van der Waals surface area contributed by atoms with E-state index in [-0.39, 0.29) is 12.5 Å². The second kappa shape index (κ2) is 9.56. The maximum absolute atomic E-state index is 12.1. The van der Waals surface area contributed by atoms with E-state index >= 15 is 0 Å². The second-order valence-electron chi connectivity index (χ2n) is 5.16. The largest absolute Gasteiger partial charge is 0.384 e. The highest BCUT2D eigenvalue weighted by Crippen LogP contribution is 2.15. The molecular formula is C16H24N2O2S. The van der Waals surface area contributed by atoms with Gasteiger partial charge in [-0.1, -0.05) is 11.8 Å². The van der Waals surface area contributed by atoms with E-state index < -0.39 is 0 Å². The zero-order chi connectivity index (χ0) is 15.7. The van der Waals surface area contributed by atoms with E-state index in [0.717, 1.165) is 19.4 Å². The van der Waals surface area contributed by atoms with Crippen molar-refractivity contribution in [3.63, 3.8) is 0 Å². The van der Waals surface area contributed by atoms with Crippen molar-refractivity contribution in [2.45, 2.75) is 32.7 Å². The van der Waals surface area contributed by atoms with Crippen LogP contribution in [-0.2, 0) is 0 Å². The standard InChI is InChI=1S/C16H24N2O2S/c1-13(2)18(3)10-5-4-9-17-16(20)15-14(7-6-11-19)8-12-21-15/h8,12-13,19H,4-5,9-11H2,1-3H3,(H,17,20). The number of hydrogen-bond donors (Lipinski definition) is 2. The Labute approximate surface area is 131 Å². The Morgan fingerprint density at radius 2 is 2.24 bits per heavy atom. The number of nitrogens with one attached hydrogen (secondary N) is 1. The number of aliphatic hydroxyl groups excluding tert-OH is 1. The molecule has 0 aliphatic heterocycles. The van der Waals surface area contributed by atoms with Crippen LogP contribution in [0.15, 0.2) is 11.4 Å². The van der Waals surface area contributed by atoms with Gasteiger partial charge in [-0.15, -0.1) is 11.3 Å². The minimum atomic E-state index is -0.194. The Hall–Kier alpha value is -1.35. The molecule has 0 aliphatic carbocycles. The lowest BCUT2D eigenvalue weighted by Crippen LogP contribution is -2.29. The van der Waals surface area contributed by atoms with Crippen molar-refractivity contribution in [3.8, 4) is 11.8 Å². The van der Waals surface area contributed by atoms with Crippen LogP contribution in [0, 0.1) is 11.8 Å². The molecule has 0 saturated heterocycles. The molecule has 4 nitrogen and oxygen atoms in total. The van der Waals surface area contributed by atoms with Gasteiger partial charge in [0.2, 0.25) is 0 Å². The Morgan fingerprint density at radius 1 is 1.48 bits per heavy atom. The van der Waals surface area contributed by atoms with Crippen molar-refractivity contribution in [2.75, 3.05) is 26.7 Å². The molecule has 0 radical (unpaired) electrons. The molecule has 0 fully saturated rings. The Morgan fingerprint density at radius 3 is 2.90 bits per heavy atom. The zero-order valence-corrected chi connectivity index (χ0v) is 13.8. The number of carbonyl (C=O) groups is 1. The van der Waals surface area contributed by atoms with Crippen molar-refractivity contribution in [1.82, 2.24) is 10.2 Å². The highest BCUT2D eigenvalue weighted by atomic mass is 32.1. The van der Waals surface area contributed by atoms with E-state index in [1.54, 1.807) is 6.07 Å². The van der Waals surface area contributed by atoms with Gasteiger partial charge in [0.1, 0.15) is 11.5 Å². The van der Waals surface area contributed by atoms with E-state index in [1.165, 1.54) is 11.3 Å². The van der Waals surface area contributed by atoms with E-state index in [1.807, 2.05) is 5.38 Å². The molecule has 0 saturated carbocycles. The summed E-state index contributed by atoms with van der Waals surface area (Å²) in [5.74, 6) is 5.29. The molecular weight excluding hydrogens is 284 g/mol. The van der Waals surface area contributed by atoms with Gasteiger partial charge in [-0.25, -0.2) is 0 Å². The molecule has 1 rings (SSSR count). The predicted molar refractivity (Wildman–Crippen MR) is 87.6 cm³/mol. The van der Waals surface area contributed by atoms with Crippen LogP contribution in [-0.4, -0.2) is 48.7 Å². The SMILES string of the molecule is CC(C)N(C)CCCCNC(=O)c1sccc1C#CCO. The summed E-state index contributed by atoms with van der Waals surface area (Å²) >= 11 is 1.38. The van der Waals surface area contributed by atoms with Gasteiger partial charge in [0, 0.05) is 18.2 Å². The summed E-state index contributed by atoms with van der Waals surface area (Å²) < 4.78 is 0. The molecule has 1 aromatic rings. The van der Waals surface area contributed by atoms with Crippen LogP contribution in [0.5, 0.6) is 0 Å². The third-order valence-corrected chi connectivity index (χ3v) is 4.19. The van der Waals surface area contributed by atoms with Gasteiger partial charge in [-0.05, 0) is 51.7 Å². The summed E-state index contributed by atoms with van der Waals surface area (Å²) in [5.41, 5.74) is 0.686. The predicted octanol–water partition coefficient (Wildman–Crippen LogP) is 1.94. The minimum absolute atomic E-state index is 0.0792. The summed E-state index contributed by atoms with van der Waals surface area (Å²) in [6.07, 6.45) is 2.03. The number of aliphatic hydroxyl groups is 1. The zero-order valence-electron chi connectivity index (χ0n) is 13.0. The number of carbonyl (C=O) groups excluding carboxylic acids is 1. The highest BCUT2D eigenvalue weighted by Gasteiger charge is 2.11. The number of unbranched alkanes of at least 4 members (excludes halogenated alkanes) is 1. The molecule has 116 valence electrons. The van der Waals surface area contributed by atoms with Gasteiger partial charge < -0.3 is 15.3 Å². The minimum Gasteiger partial charge on any atom is -0.384 e. The summed E-state index contributed by atoms with van der Waals surface area (Å²) in [4.78, 5) is 15.0. The number of rotatable bonds is 7. The topological polar surface area (TPSA) is 52.6 Å². The first-order valence-corrected chi connectivity index (χ1v) is 8.10. The van der Waals surface area contributed by atoms with E-state index in [2.05, 4.69) is 43.0 Å². The van der Waals surface area contributed by atoms with E-state index in [4.69, 9.17) is 5.11 Å². The summed E-state index contributed by atoms with van der Waals surface area (Å²) in [6, 6.07) is 2.36. The van der Waals surface area contributed by atoms with Gasteiger partial charge in [-0.3, -0.25) is 4.79 Å². The Bertz CT molecular complexity index is 500. The van der Waals surface area contributed by atoms with Crippen LogP contribution in [0.1, 0.15) is 41.9 Å². The molecule has 1 amide bonds. The van der Waals surface area contributed by atoms with E-state index in [9.17, 15) is 4.79 Å². The fourth-order valence-electron chi connectivity index (χ4n) is 1.74. The van der Waals surface area contributed by atoms with Crippen molar-refractivity contribution < 1.29 is 9.90 Å². The molecule has 0 unspecified atom stereocenters. The molecule has 1 heterocycles. The van der Waals surface area contributed by atoms with Gasteiger partial charge in [-0.2, -0.15) is 0 Å². The van der Waals surface area contributed by atoms with Gasteiger partial charge in [0.15, 0.2) is 0 Å². The average Bonchev–Trinajstić information content (AvgIpc) is 2.92. The Balaban J connectivity index is 2.33. The van der Waals surface area contributed by atoms with Crippen LogP contribution in [0.3, 0.4) is 0 Å². The third-order valence-electron chi connectivity index (χ3n) is 3.28. The quantitative estimate of drug-likeness (QED) is 0.598. The molecule has 21 heavy (non-hydrogen) atoms. The fraction of sp³-hybridized carbons (Fsp3) is 0.562. The van der Waals surface area contributed by atoms with Crippen LogP contribution in [0.25, 0.3) is 0 Å². The van der Waals surface area contributed by atoms with Crippen molar-refractivity contribution in [1.29, 1.82) is 0 Å². The molecule has 2 N–H and O–H groups in total. The van der Waals surface area contributed by atoms with Crippen LogP contribution >= 0.6 is 11.3 Å². The maximum atomic E-state index is 12.1. The number of hydrogen-bond acceptors (Lipinski definition) is 4. The number of nitrogens with zero attached hydrogens (tertiary/aromatic N) is 1. The monoisotopic (exact) mass is 308 g/mol. The fourth-order valence-corrected chi connectivity index (χ4v) is 2.51. The normalized spacial score (nSPS) is 10.6. The smallest absolute Gasteiger partial charge is 0.262 e. The molecule has 0 aromatic carbocycles. The van der Waals surface area contributed by atoms with Crippen LogP contribution < -0.4 is 5.32 Å². The molecule has 0 bridgehead atoms. The van der Waals surface area contributed by atoms with Crippen molar-refractivity contribution in [2.24, 2.45) is 0 Å². The Kier molecular flexibility index (Phi) is 8.06. The molecule has 0 spiro atoms. The lowest BCUT2D eigenvalue weighted by molar-refractivity contribution is 0.0956. The van der Waals surface area contributed by atoms with Crippen LogP contribution in [0.4, 0.5) is 0 Å². The average molecular weight is 308 g/mol. The molecule has 0 aliphatic rings. The highest BCUT2D eigenvalue weighted by molar-refractivity contribution is 7.12. The van der Waals surface area contributed by atoms with Gasteiger partial charge in [0.05, 0.1) is 0 Å². The first-order valence-electron chi connectivity index (χ1n) is 7.22. The first-order chi connectivity index (χ1) is 10.1.